The number of halogens is 3. The van der Waals surface area contributed by atoms with Crippen LogP contribution in [0.15, 0.2) is 42.5 Å². The van der Waals surface area contributed by atoms with Gasteiger partial charge in [-0.25, -0.2) is 8.78 Å². The fourth-order valence-electron chi connectivity index (χ4n) is 2.03. The van der Waals surface area contributed by atoms with E-state index in [0.29, 0.717) is 10.6 Å². The van der Waals surface area contributed by atoms with Crippen LogP contribution in [-0.4, -0.2) is 11.9 Å². The minimum atomic E-state index is -0.772. The maximum Gasteiger partial charge on any atom is 0.258 e. The molecule has 0 unspecified atom stereocenters. The Labute approximate surface area is 148 Å². The monoisotopic (exact) mass is 357 g/mol. The number of rotatable bonds is 3. The Morgan fingerprint density at radius 2 is 1.68 bits per heavy atom. The fraction of sp³-hybridized carbons (Fsp3) is 0.188. The summed E-state index contributed by atoms with van der Waals surface area (Å²) in [5.74, 6) is -1.82. The van der Waals surface area contributed by atoms with Crippen molar-refractivity contribution in [1.82, 2.24) is 0 Å². The van der Waals surface area contributed by atoms with Gasteiger partial charge in [0, 0.05) is 44.4 Å². The van der Waals surface area contributed by atoms with Crippen LogP contribution in [0.3, 0.4) is 0 Å². The molecule has 0 radical (unpaired) electrons. The van der Waals surface area contributed by atoms with Crippen molar-refractivity contribution in [3.63, 3.8) is 0 Å². The average molecular weight is 358 g/mol. The number of benzene rings is 2. The van der Waals surface area contributed by atoms with Gasteiger partial charge < -0.3 is 4.90 Å². The third-order valence-electron chi connectivity index (χ3n) is 3.00. The SMILES string of the molecule is CC(C)N(C(=O)c1ccc(Cl)cc1)c1ccc(F)cc1F.[Ti]. The Balaban J connectivity index is 0.00000242. The van der Waals surface area contributed by atoms with E-state index in [0.717, 1.165) is 12.1 Å². The van der Waals surface area contributed by atoms with E-state index >= 15 is 0 Å². The van der Waals surface area contributed by atoms with Crippen molar-refractivity contribution in [3.8, 4) is 0 Å². The molecule has 0 aromatic heterocycles. The van der Waals surface area contributed by atoms with Crippen molar-refractivity contribution < 1.29 is 35.3 Å². The zero-order valence-corrected chi connectivity index (χ0v) is 14.4. The summed E-state index contributed by atoms with van der Waals surface area (Å²) in [5.41, 5.74) is 0.433. The number of nitrogens with zero attached hydrogens (tertiary/aromatic N) is 1. The second kappa shape index (κ2) is 7.86. The van der Waals surface area contributed by atoms with Crippen molar-refractivity contribution in [3.05, 3.63) is 64.7 Å². The molecule has 2 aromatic carbocycles. The van der Waals surface area contributed by atoms with Crippen LogP contribution in [0.5, 0.6) is 0 Å². The van der Waals surface area contributed by atoms with E-state index < -0.39 is 11.6 Å². The first kappa shape index (κ1) is 18.8. The number of carbonyl (C=O) groups excluding carboxylic acids is 1. The van der Waals surface area contributed by atoms with Crippen molar-refractivity contribution >= 4 is 23.2 Å². The maximum atomic E-state index is 13.9. The quantitative estimate of drug-likeness (QED) is 0.731. The molecule has 0 aliphatic heterocycles. The predicted molar refractivity (Wildman–Crippen MR) is 79.8 cm³/mol. The maximum absolute atomic E-state index is 13.9. The minimum absolute atomic E-state index is 0. The standard InChI is InChI=1S/C16H14ClF2NO.Ti/c1-10(2)20(15-8-7-13(18)9-14(15)19)16(21)11-3-5-12(17)6-4-11;/h3-10H,1-2H3;. The Morgan fingerprint density at radius 3 is 2.18 bits per heavy atom. The van der Waals surface area contributed by atoms with Crippen molar-refractivity contribution in [1.29, 1.82) is 0 Å². The van der Waals surface area contributed by atoms with Gasteiger partial charge in [-0.15, -0.1) is 0 Å². The summed E-state index contributed by atoms with van der Waals surface area (Å²) in [4.78, 5) is 13.8. The summed E-state index contributed by atoms with van der Waals surface area (Å²) in [6.45, 7) is 3.52. The molecule has 0 bridgehead atoms. The number of amides is 1. The summed E-state index contributed by atoms with van der Waals surface area (Å²) in [7, 11) is 0. The Bertz CT molecular complexity index is 662. The molecule has 22 heavy (non-hydrogen) atoms. The number of anilines is 1. The molecule has 0 heterocycles. The fourth-order valence-corrected chi connectivity index (χ4v) is 2.16. The van der Waals surface area contributed by atoms with Gasteiger partial charge in [-0.3, -0.25) is 4.79 Å². The van der Waals surface area contributed by atoms with E-state index in [2.05, 4.69) is 0 Å². The molecule has 2 aromatic rings. The Kier molecular flexibility index (Phi) is 6.73. The molecule has 0 fully saturated rings. The molecule has 1 amide bonds. The Morgan fingerprint density at radius 1 is 1.09 bits per heavy atom. The van der Waals surface area contributed by atoms with Crippen LogP contribution in [0, 0.1) is 11.6 Å². The number of hydrogen-bond donors (Lipinski definition) is 0. The molecule has 2 rings (SSSR count). The molecule has 114 valence electrons. The smallest absolute Gasteiger partial charge is 0.258 e. The number of carbonyl (C=O) groups is 1. The van der Waals surface area contributed by atoms with Crippen LogP contribution in [-0.2, 0) is 21.7 Å². The molecular formula is C16H14ClF2NOTi. The van der Waals surface area contributed by atoms with Crippen LogP contribution in [0.2, 0.25) is 5.02 Å². The molecule has 0 aliphatic rings. The first-order valence-corrected chi connectivity index (χ1v) is 6.82. The minimum Gasteiger partial charge on any atom is -0.303 e. The van der Waals surface area contributed by atoms with E-state index in [1.807, 2.05) is 0 Å². The van der Waals surface area contributed by atoms with E-state index in [1.54, 1.807) is 38.1 Å². The first-order chi connectivity index (χ1) is 9.90. The van der Waals surface area contributed by atoms with Gasteiger partial charge in [0.25, 0.3) is 5.91 Å². The summed E-state index contributed by atoms with van der Waals surface area (Å²) >= 11 is 5.79. The van der Waals surface area contributed by atoms with Gasteiger partial charge in [-0.05, 0) is 50.2 Å². The van der Waals surface area contributed by atoms with Gasteiger partial charge >= 0.3 is 0 Å². The summed E-state index contributed by atoms with van der Waals surface area (Å²) < 4.78 is 27.0. The second-order valence-electron chi connectivity index (χ2n) is 4.87. The summed E-state index contributed by atoms with van der Waals surface area (Å²) in [6.07, 6.45) is 0. The average Bonchev–Trinajstić information content (AvgIpc) is 2.42. The molecule has 6 heteroatoms. The molecule has 0 saturated carbocycles. The van der Waals surface area contributed by atoms with Crippen molar-refractivity contribution in [2.75, 3.05) is 4.90 Å². The summed E-state index contributed by atoms with van der Waals surface area (Å²) in [5, 5.41) is 0.510. The molecule has 0 N–H and O–H groups in total. The molecule has 0 spiro atoms. The molecular weight excluding hydrogens is 343 g/mol. The van der Waals surface area contributed by atoms with Gasteiger partial charge in [0.2, 0.25) is 0 Å². The number of hydrogen-bond acceptors (Lipinski definition) is 1. The zero-order chi connectivity index (χ0) is 15.6. The van der Waals surface area contributed by atoms with Crippen LogP contribution in [0.25, 0.3) is 0 Å². The van der Waals surface area contributed by atoms with Gasteiger partial charge in [-0.2, -0.15) is 0 Å². The topological polar surface area (TPSA) is 20.3 Å². The van der Waals surface area contributed by atoms with Gasteiger partial charge in [0.15, 0.2) is 0 Å². The third kappa shape index (κ3) is 4.16. The van der Waals surface area contributed by atoms with Gasteiger partial charge in [0.1, 0.15) is 11.6 Å². The first-order valence-electron chi connectivity index (χ1n) is 6.44. The van der Waals surface area contributed by atoms with Crippen molar-refractivity contribution in [2.24, 2.45) is 0 Å². The zero-order valence-electron chi connectivity index (χ0n) is 12.1. The molecule has 2 nitrogen and oxygen atoms in total. The van der Waals surface area contributed by atoms with E-state index in [-0.39, 0.29) is 39.4 Å². The predicted octanol–water partition coefficient (Wildman–Crippen LogP) is 4.67. The third-order valence-corrected chi connectivity index (χ3v) is 3.25. The van der Waals surface area contributed by atoms with Crippen molar-refractivity contribution in [2.45, 2.75) is 19.9 Å². The van der Waals surface area contributed by atoms with Crippen LogP contribution in [0.4, 0.5) is 14.5 Å². The Hall–Kier alpha value is -1.23. The van der Waals surface area contributed by atoms with Crippen LogP contribution >= 0.6 is 11.6 Å². The largest absolute Gasteiger partial charge is 0.303 e. The van der Waals surface area contributed by atoms with Crippen LogP contribution in [0.1, 0.15) is 24.2 Å². The van der Waals surface area contributed by atoms with Gasteiger partial charge in [-0.1, -0.05) is 11.6 Å². The normalized spacial score (nSPS) is 10.3. The molecule has 0 aliphatic carbocycles. The molecule has 0 saturated heterocycles. The van der Waals surface area contributed by atoms with Crippen LogP contribution < -0.4 is 4.90 Å². The summed E-state index contributed by atoms with van der Waals surface area (Å²) in [6, 6.07) is 9.19. The van der Waals surface area contributed by atoms with E-state index in [1.165, 1.54) is 11.0 Å². The van der Waals surface area contributed by atoms with E-state index in [4.69, 9.17) is 11.6 Å². The molecule has 0 atom stereocenters. The van der Waals surface area contributed by atoms with Gasteiger partial charge in [0.05, 0.1) is 5.69 Å². The van der Waals surface area contributed by atoms with E-state index in [9.17, 15) is 13.6 Å². The second-order valence-corrected chi connectivity index (χ2v) is 5.31.